The van der Waals surface area contributed by atoms with Gasteiger partial charge in [-0.3, -0.25) is 9.59 Å². The van der Waals surface area contributed by atoms with Gasteiger partial charge in [-0.15, -0.1) is 11.3 Å². The molecule has 0 saturated heterocycles. The molecule has 0 unspecified atom stereocenters. The van der Waals surface area contributed by atoms with Gasteiger partial charge in [-0.05, 0) is 19.4 Å². The summed E-state index contributed by atoms with van der Waals surface area (Å²) in [5, 5.41) is 16.3. The molecule has 3 atom stereocenters. The van der Waals surface area contributed by atoms with Crippen molar-refractivity contribution >= 4 is 34.9 Å². The number of thiazole rings is 1. The molecule has 1 heterocycles. The second-order valence-electron chi connectivity index (χ2n) is 7.12. The zero-order chi connectivity index (χ0) is 23.4. The number of carbonyl (C=O) groups is 3. The number of ether oxygens (including phenoxy) is 1. The van der Waals surface area contributed by atoms with E-state index in [1.807, 2.05) is 35.7 Å². The predicted octanol–water partition coefficient (Wildman–Crippen LogP) is 2.25. The lowest BCUT2D eigenvalue weighted by molar-refractivity contribution is -0.147. The van der Waals surface area contributed by atoms with E-state index < -0.39 is 18.1 Å². The third kappa shape index (κ3) is 10.1. The number of carboxylic acid groups (broad SMARTS) is 1. The molecule has 5 N–H and O–H groups in total. The van der Waals surface area contributed by atoms with E-state index >= 15 is 0 Å². The quantitative estimate of drug-likeness (QED) is 0.434. The average molecular weight is 451 g/mol. The molecule has 0 fully saturated rings. The first kappa shape index (κ1) is 26.1. The fourth-order valence-corrected chi connectivity index (χ4v) is 2.67. The number of rotatable bonds is 10. The average Bonchev–Trinajstić information content (AvgIpc) is 3.24. The van der Waals surface area contributed by atoms with Gasteiger partial charge in [0.25, 0.3) is 0 Å². The monoisotopic (exact) mass is 450 g/mol. The Morgan fingerprint density at radius 2 is 1.81 bits per heavy atom. The molecule has 0 aliphatic rings. The lowest BCUT2D eigenvalue weighted by Crippen LogP contribution is -2.49. The predicted molar refractivity (Wildman–Crippen MR) is 119 cm³/mol. The van der Waals surface area contributed by atoms with Crippen molar-refractivity contribution in [3.8, 4) is 0 Å². The Bertz CT molecular complexity index is 814. The van der Waals surface area contributed by atoms with E-state index in [9.17, 15) is 19.5 Å². The molecule has 2 rings (SSSR count). The molecule has 1 aromatic carbocycles. The van der Waals surface area contributed by atoms with E-state index in [1.54, 1.807) is 33.2 Å². The van der Waals surface area contributed by atoms with Crippen LogP contribution in [0.1, 0.15) is 33.3 Å². The highest BCUT2D eigenvalue weighted by atomic mass is 32.1. The number of nitrogens with zero attached hydrogens (tertiary/aromatic N) is 1. The number of carboxylic acids is 1. The third-order valence-electron chi connectivity index (χ3n) is 4.14. The maximum atomic E-state index is 11.6. The normalized spacial score (nSPS) is 13.3. The molecule has 2 aromatic rings. The molecule has 0 aliphatic heterocycles. The number of benzene rings is 1. The van der Waals surface area contributed by atoms with Crippen LogP contribution >= 0.6 is 11.3 Å². The number of amides is 2. The molecule has 170 valence electrons. The Hall–Kier alpha value is -2.98. The van der Waals surface area contributed by atoms with Crippen LogP contribution < -0.4 is 16.4 Å². The molecular weight excluding hydrogens is 420 g/mol. The van der Waals surface area contributed by atoms with Crippen LogP contribution in [0.4, 0.5) is 5.82 Å². The molecular formula is C21H30N4O5S. The minimum atomic E-state index is -1.10. The van der Waals surface area contributed by atoms with Crippen molar-refractivity contribution in [1.82, 2.24) is 10.3 Å². The number of hydrogen-bond acceptors (Lipinski definition) is 7. The molecule has 0 aliphatic carbocycles. The van der Waals surface area contributed by atoms with Crippen molar-refractivity contribution in [2.75, 3.05) is 5.32 Å². The molecule has 31 heavy (non-hydrogen) atoms. The Morgan fingerprint density at radius 3 is 2.29 bits per heavy atom. The molecule has 0 saturated carbocycles. The molecule has 2 amide bonds. The fraction of sp³-hybridized carbons (Fsp3) is 0.429. The van der Waals surface area contributed by atoms with Crippen molar-refractivity contribution in [1.29, 1.82) is 0 Å². The van der Waals surface area contributed by atoms with Crippen LogP contribution in [0.25, 0.3) is 0 Å². The standard InChI is InChI=1S/C15H21NO4.C6H9N3OS/c1-10(2)14(17)16-13(15(18)19)11(3)20-9-12-7-5-4-6-8-12;1-4(6(7)10)9-5-2-11-3-8-5/h4-8,10-11,13H,9H2,1-3H3,(H,16,17)(H,18,19);2-4,9H,1H3,(H2,7,10)/t11-,13+;4-/m10/s1. The highest BCUT2D eigenvalue weighted by molar-refractivity contribution is 7.07. The van der Waals surface area contributed by atoms with E-state index in [1.165, 1.54) is 11.3 Å². The largest absolute Gasteiger partial charge is 0.480 e. The molecule has 0 radical (unpaired) electrons. The smallest absolute Gasteiger partial charge is 0.328 e. The van der Waals surface area contributed by atoms with E-state index in [0.717, 1.165) is 5.56 Å². The highest BCUT2D eigenvalue weighted by Gasteiger charge is 2.28. The number of primary amides is 1. The topological polar surface area (TPSA) is 144 Å². The summed E-state index contributed by atoms with van der Waals surface area (Å²) in [7, 11) is 0. The van der Waals surface area contributed by atoms with E-state index in [4.69, 9.17) is 10.5 Å². The van der Waals surface area contributed by atoms with Crippen LogP contribution in [0, 0.1) is 5.92 Å². The maximum absolute atomic E-state index is 11.6. The number of anilines is 1. The summed E-state index contributed by atoms with van der Waals surface area (Å²) >= 11 is 1.47. The summed E-state index contributed by atoms with van der Waals surface area (Å²) in [6, 6.07) is 8.06. The molecule has 1 aromatic heterocycles. The zero-order valence-corrected chi connectivity index (χ0v) is 18.9. The van der Waals surface area contributed by atoms with Crippen molar-refractivity contribution in [3.63, 3.8) is 0 Å². The van der Waals surface area contributed by atoms with Gasteiger partial charge < -0.3 is 26.2 Å². The van der Waals surface area contributed by atoms with Crippen molar-refractivity contribution in [2.45, 2.75) is 52.5 Å². The van der Waals surface area contributed by atoms with Gasteiger partial charge in [-0.1, -0.05) is 44.2 Å². The van der Waals surface area contributed by atoms with Gasteiger partial charge >= 0.3 is 5.97 Å². The summed E-state index contributed by atoms with van der Waals surface area (Å²) in [6.07, 6.45) is -0.615. The van der Waals surface area contributed by atoms with Crippen LogP contribution in [-0.4, -0.2) is 46.1 Å². The van der Waals surface area contributed by atoms with E-state index in [0.29, 0.717) is 12.4 Å². The number of aromatic nitrogens is 1. The maximum Gasteiger partial charge on any atom is 0.328 e. The van der Waals surface area contributed by atoms with Gasteiger partial charge in [0, 0.05) is 11.3 Å². The second-order valence-corrected chi connectivity index (χ2v) is 7.84. The Balaban J connectivity index is 0.000000367. The van der Waals surface area contributed by atoms with Crippen LogP contribution in [0.2, 0.25) is 0 Å². The second kappa shape index (κ2) is 13.3. The zero-order valence-electron chi connectivity index (χ0n) is 18.1. The number of aliphatic carboxylic acids is 1. The lowest BCUT2D eigenvalue weighted by atomic mass is 10.1. The Labute approximate surface area is 186 Å². The van der Waals surface area contributed by atoms with Gasteiger partial charge in [-0.2, -0.15) is 0 Å². The van der Waals surface area contributed by atoms with E-state index in [2.05, 4.69) is 15.6 Å². The molecule has 10 heteroatoms. The van der Waals surface area contributed by atoms with Crippen LogP contribution in [0.3, 0.4) is 0 Å². The molecule has 0 bridgehead atoms. The number of carbonyl (C=O) groups excluding carboxylic acids is 2. The molecule has 0 spiro atoms. The van der Waals surface area contributed by atoms with Crippen LogP contribution in [0.5, 0.6) is 0 Å². The Kier molecular flexibility index (Phi) is 11.2. The Morgan fingerprint density at radius 1 is 1.16 bits per heavy atom. The number of hydrogen-bond donors (Lipinski definition) is 4. The minimum Gasteiger partial charge on any atom is -0.480 e. The van der Waals surface area contributed by atoms with Gasteiger partial charge in [0.05, 0.1) is 18.2 Å². The number of nitrogens with two attached hydrogens (primary N) is 1. The minimum absolute atomic E-state index is 0.266. The van der Waals surface area contributed by atoms with Crippen LogP contribution in [-0.2, 0) is 25.7 Å². The van der Waals surface area contributed by atoms with Gasteiger partial charge in [-0.25, -0.2) is 9.78 Å². The van der Waals surface area contributed by atoms with Crippen molar-refractivity contribution in [2.24, 2.45) is 11.7 Å². The summed E-state index contributed by atoms with van der Waals surface area (Å²) in [5.74, 6) is -1.34. The van der Waals surface area contributed by atoms with E-state index in [-0.39, 0.29) is 23.8 Å². The van der Waals surface area contributed by atoms with Crippen LogP contribution in [0.15, 0.2) is 41.2 Å². The molecule has 9 nitrogen and oxygen atoms in total. The summed E-state index contributed by atoms with van der Waals surface area (Å²) in [4.78, 5) is 37.3. The number of nitrogens with one attached hydrogen (secondary N) is 2. The lowest BCUT2D eigenvalue weighted by Gasteiger charge is -2.22. The first-order chi connectivity index (χ1) is 14.6. The van der Waals surface area contributed by atoms with Crippen molar-refractivity contribution in [3.05, 3.63) is 46.8 Å². The summed E-state index contributed by atoms with van der Waals surface area (Å²) < 4.78 is 5.54. The highest BCUT2D eigenvalue weighted by Crippen LogP contribution is 2.08. The SMILES string of the molecule is CC(C)C(=O)N[C@H](C(=O)O)[C@@H](C)OCc1ccccc1.C[C@H](Nc1cscn1)C(N)=O. The third-order valence-corrected chi connectivity index (χ3v) is 4.72. The van der Waals surface area contributed by atoms with Crippen molar-refractivity contribution < 1.29 is 24.2 Å². The van der Waals surface area contributed by atoms with Gasteiger partial charge in [0.2, 0.25) is 11.8 Å². The fourth-order valence-electron chi connectivity index (χ4n) is 2.17. The van der Waals surface area contributed by atoms with Gasteiger partial charge in [0.1, 0.15) is 11.9 Å². The summed E-state index contributed by atoms with van der Waals surface area (Å²) in [5.41, 5.74) is 7.67. The first-order valence-corrected chi connectivity index (χ1v) is 10.7. The van der Waals surface area contributed by atoms with Gasteiger partial charge in [0.15, 0.2) is 6.04 Å². The first-order valence-electron chi connectivity index (χ1n) is 9.74. The summed E-state index contributed by atoms with van der Waals surface area (Å²) in [6.45, 7) is 7.07.